The Kier molecular flexibility index (Phi) is 3.30. The maximum Gasteiger partial charge on any atom is 0.451 e. The maximum absolute atomic E-state index is 12.7. The smallest absolute Gasteiger partial charge is 0.373 e. The second kappa shape index (κ2) is 4.79. The van der Waals surface area contributed by atoms with Crippen molar-refractivity contribution in [3.63, 3.8) is 0 Å². The molecule has 0 saturated heterocycles. The van der Waals surface area contributed by atoms with Gasteiger partial charge in [-0.15, -0.1) is 0 Å². The molecule has 0 aliphatic carbocycles. The van der Waals surface area contributed by atoms with Gasteiger partial charge in [0.05, 0.1) is 0 Å². The van der Waals surface area contributed by atoms with Gasteiger partial charge in [0, 0.05) is 19.3 Å². The second-order valence-corrected chi connectivity index (χ2v) is 3.69. The van der Waals surface area contributed by atoms with E-state index in [1.54, 1.807) is 0 Å². The van der Waals surface area contributed by atoms with Crippen molar-refractivity contribution in [1.82, 2.24) is 19.7 Å². The molecule has 0 aliphatic heterocycles. The highest BCUT2D eigenvalue weighted by Gasteiger charge is 2.35. The number of hydrogen-bond donors (Lipinski definition) is 2. The van der Waals surface area contributed by atoms with Crippen molar-refractivity contribution in [3.05, 3.63) is 29.8 Å². The van der Waals surface area contributed by atoms with Crippen LogP contribution in [0.5, 0.6) is 0 Å². The summed E-state index contributed by atoms with van der Waals surface area (Å²) < 4.78 is 39.0. The third kappa shape index (κ3) is 2.68. The van der Waals surface area contributed by atoms with Crippen molar-refractivity contribution in [2.45, 2.75) is 6.18 Å². The molecule has 0 unspecified atom stereocenters. The molecule has 7 nitrogen and oxygen atoms in total. The van der Waals surface area contributed by atoms with Crippen molar-refractivity contribution in [2.75, 3.05) is 12.4 Å². The molecule has 0 fully saturated rings. The molecule has 2 heterocycles. The first-order chi connectivity index (χ1) is 9.31. The van der Waals surface area contributed by atoms with E-state index >= 15 is 0 Å². The lowest BCUT2D eigenvalue weighted by Gasteiger charge is -2.09. The highest BCUT2D eigenvalue weighted by Crippen LogP contribution is 2.27. The fraction of sp³-hybridized carbons (Fsp3) is 0.200. The number of rotatable bonds is 3. The highest BCUT2D eigenvalue weighted by molar-refractivity contribution is 5.90. The number of carbonyl (C=O) groups excluding carboxylic acids is 1. The van der Waals surface area contributed by atoms with E-state index in [-0.39, 0.29) is 17.3 Å². The molecule has 0 spiro atoms. The van der Waals surface area contributed by atoms with E-state index in [0.29, 0.717) is 0 Å². The first-order valence-electron chi connectivity index (χ1n) is 5.31. The van der Waals surface area contributed by atoms with Gasteiger partial charge in [-0.25, -0.2) is 14.6 Å². The third-order valence-electron chi connectivity index (χ3n) is 2.30. The number of nitrogens with two attached hydrogens (primary N) is 1. The summed E-state index contributed by atoms with van der Waals surface area (Å²) in [6, 6.07) is 2.53. The first-order valence-corrected chi connectivity index (χ1v) is 5.31. The van der Waals surface area contributed by atoms with Crippen LogP contribution in [0.1, 0.15) is 16.3 Å². The van der Waals surface area contributed by atoms with E-state index in [4.69, 9.17) is 5.73 Å². The van der Waals surface area contributed by atoms with Crippen LogP contribution in [0.2, 0.25) is 0 Å². The highest BCUT2D eigenvalue weighted by atomic mass is 19.4. The zero-order chi connectivity index (χ0) is 14.9. The Morgan fingerprint density at radius 3 is 2.60 bits per heavy atom. The van der Waals surface area contributed by atoms with E-state index in [1.165, 1.54) is 25.4 Å². The summed E-state index contributed by atoms with van der Waals surface area (Å²) in [5.41, 5.74) is 4.94. The minimum Gasteiger partial charge on any atom is -0.373 e. The Hall–Kier alpha value is -2.65. The van der Waals surface area contributed by atoms with Gasteiger partial charge >= 0.3 is 6.18 Å². The molecule has 1 amide bonds. The lowest BCUT2D eigenvalue weighted by atomic mass is 10.4. The number of carbonyl (C=O) groups is 1. The fourth-order valence-electron chi connectivity index (χ4n) is 1.39. The summed E-state index contributed by atoms with van der Waals surface area (Å²) in [6.07, 6.45) is -3.41. The van der Waals surface area contributed by atoms with E-state index in [1.807, 2.05) is 0 Å². The van der Waals surface area contributed by atoms with Crippen molar-refractivity contribution >= 4 is 11.7 Å². The minimum absolute atomic E-state index is 0.0292. The van der Waals surface area contributed by atoms with Gasteiger partial charge in [0.25, 0.3) is 5.91 Å². The van der Waals surface area contributed by atoms with Crippen molar-refractivity contribution < 1.29 is 18.0 Å². The number of alkyl halides is 3. The fourth-order valence-corrected chi connectivity index (χ4v) is 1.39. The molecule has 0 radical (unpaired) electrons. The Bertz CT molecular complexity index is 651. The summed E-state index contributed by atoms with van der Waals surface area (Å²) in [7, 11) is 1.42. The second-order valence-electron chi connectivity index (χ2n) is 3.69. The van der Waals surface area contributed by atoms with E-state index in [0.717, 1.165) is 4.68 Å². The zero-order valence-corrected chi connectivity index (χ0v) is 10.1. The SMILES string of the molecule is CNc1cc(-n2ccc(C(N)=O)n2)nc(C(F)(F)F)n1. The lowest BCUT2D eigenvalue weighted by Crippen LogP contribution is -2.16. The van der Waals surface area contributed by atoms with Crippen molar-refractivity contribution in [3.8, 4) is 5.82 Å². The van der Waals surface area contributed by atoms with Gasteiger partial charge in [0.15, 0.2) is 5.82 Å². The summed E-state index contributed by atoms with van der Waals surface area (Å²) in [5, 5.41) is 6.23. The van der Waals surface area contributed by atoms with Gasteiger partial charge in [-0.05, 0) is 6.07 Å². The average Bonchev–Trinajstić information content (AvgIpc) is 2.87. The van der Waals surface area contributed by atoms with Crippen LogP contribution >= 0.6 is 0 Å². The molecule has 0 aliphatic rings. The number of anilines is 1. The maximum atomic E-state index is 12.7. The van der Waals surface area contributed by atoms with Crippen LogP contribution < -0.4 is 11.1 Å². The molecule has 2 aromatic heterocycles. The number of aromatic nitrogens is 4. The standard InChI is InChI=1S/C10H9F3N6O/c1-15-6-4-7(17-9(16-6)10(11,12)13)19-3-2-5(18-19)8(14)20/h2-4H,1H3,(H2,14,20)(H,15,16,17). The molecule has 20 heavy (non-hydrogen) atoms. The molecular weight excluding hydrogens is 277 g/mol. The predicted octanol–water partition coefficient (Wildman–Crippen LogP) is 0.822. The van der Waals surface area contributed by atoms with Crippen LogP contribution in [-0.4, -0.2) is 32.7 Å². The van der Waals surface area contributed by atoms with Crippen LogP contribution in [0.15, 0.2) is 18.3 Å². The Labute approximate surface area is 110 Å². The quantitative estimate of drug-likeness (QED) is 0.870. The molecule has 2 rings (SSSR count). The Morgan fingerprint density at radius 1 is 1.40 bits per heavy atom. The van der Waals surface area contributed by atoms with Crippen molar-refractivity contribution in [2.24, 2.45) is 5.73 Å². The third-order valence-corrected chi connectivity index (χ3v) is 2.30. The van der Waals surface area contributed by atoms with Crippen LogP contribution in [0.4, 0.5) is 19.0 Å². The molecule has 3 N–H and O–H groups in total. The van der Waals surface area contributed by atoms with Gasteiger partial charge in [-0.3, -0.25) is 4.79 Å². The molecule has 0 aromatic carbocycles. The van der Waals surface area contributed by atoms with Gasteiger partial charge in [-0.2, -0.15) is 18.3 Å². The normalized spacial score (nSPS) is 11.4. The summed E-state index contributed by atoms with van der Waals surface area (Å²) in [5.74, 6) is -2.26. The predicted molar refractivity (Wildman–Crippen MR) is 62.2 cm³/mol. The minimum atomic E-state index is -4.69. The summed E-state index contributed by atoms with van der Waals surface area (Å²) >= 11 is 0. The largest absolute Gasteiger partial charge is 0.451 e. The van der Waals surface area contributed by atoms with E-state index in [2.05, 4.69) is 20.4 Å². The van der Waals surface area contributed by atoms with Gasteiger partial charge in [0.2, 0.25) is 5.82 Å². The Balaban J connectivity index is 2.52. The zero-order valence-electron chi connectivity index (χ0n) is 10.1. The summed E-state index contributed by atoms with van der Waals surface area (Å²) in [6.45, 7) is 0. The molecule has 0 atom stereocenters. The Morgan fingerprint density at radius 2 is 2.10 bits per heavy atom. The van der Waals surface area contributed by atoms with Crippen LogP contribution in [0.25, 0.3) is 5.82 Å². The number of hydrogen-bond acceptors (Lipinski definition) is 5. The number of nitrogens with zero attached hydrogens (tertiary/aromatic N) is 4. The van der Waals surface area contributed by atoms with E-state index < -0.39 is 17.9 Å². The topological polar surface area (TPSA) is 98.7 Å². The number of nitrogens with one attached hydrogen (secondary N) is 1. The molecule has 0 bridgehead atoms. The number of amides is 1. The van der Waals surface area contributed by atoms with Gasteiger partial charge in [0.1, 0.15) is 11.5 Å². The lowest BCUT2D eigenvalue weighted by molar-refractivity contribution is -0.144. The first kappa shape index (κ1) is 13.8. The molecule has 0 saturated carbocycles. The van der Waals surface area contributed by atoms with Crippen LogP contribution in [0.3, 0.4) is 0 Å². The van der Waals surface area contributed by atoms with Gasteiger partial charge in [-0.1, -0.05) is 0 Å². The average molecular weight is 286 g/mol. The monoisotopic (exact) mass is 286 g/mol. The molecular formula is C10H9F3N6O. The molecule has 10 heteroatoms. The number of primary amides is 1. The van der Waals surface area contributed by atoms with E-state index in [9.17, 15) is 18.0 Å². The summed E-state index contributed by atoms with van der Waals surface area (Å²) in [4.78, 5) is 17.6. The van der Waals surface area contributed by atoms with Crippen LogP contribution in [-0.2, 0) is 6.18 Å². The molecule has 106 valence electrons. The van der Waals surface area contributed by atoms with Crippen LogP contribution in [0, 0.1) is 0 Å². The molecule has 2 aromatic rings. The number of halogens is 3. The van der Waals surface area contributed by atoms with Crippen molar-refractivity contribution in [1.29, 1.82) is 0 Å². The van der Waals surface area contributed by atoms with Gasteiger partial charge < -0.3 is 11.1 Å².